The second kappa shape index (κ2) is 11.6. The lowest BCUT2D eigenvalue weighted by molar-refractivity contribution is -0.291. The molecule has 268 valence electrons. The van der Waals surface area contributed by atoms with Gasteiger partial charge in [-0.1, -0.05) is 38.5 Å². The van der Waals surface area contributed by atoms with Crippen LogP contribution in [0.1, 0.15) is 74.7 Å². The van der Waals surface area contributed by atoms with Crippen LogP contribution in [-0.2, 0) is 23.9 Å². The Morgan fingerprint density at radius 3 is 2.21 bits per heavy atom. The van der Waals surface area contributed by atoms with Crippen molar-refractivity contribution in [1.82, 2.24) is 0 Å². The SMILES string of the molecule is CC(C)(O)/C=C/C(=O)C(C)(O)[C@H]1[C@H](O)C[C@@]2(C)[C@@H]3CC=C4[C@H](C=C(O[C@@H]5O[C@H](CO)[C@@H](O)[C@H](O)[C@H]5O)C(=O)C4(C)C)[C@@]3(C)C(=O)C[C@]12C. The van der Waals surface area contributed by atoms with Crippen molar-refractivity contribution in [3.8, 4) is 0 Å². The second-order valence-electron chi connectivity index (χ2n) is 16.7. The minimum atomic E-state index is -2.05. The van der Waals surface area contributed by atoms with Gasteiger partial charge in [0.05, 0.1) is 23.7 Å². The zero-order chi connectivity index (χ0) is 36.2. The first-order valence-corrected chi connectivity index (χ1v) is 16.7. The van der Waals surface area contributed by atoms with E-state index < -0.39 is 106 Å². The Hall–Kier alpha value is -2.29. The van der Waals surface area contributed by atoms with E-state index in [0.29, 0.717) is 6.42 Å². The van der Waals surface area contributed by atoms with Gasteiger partial charge in [0.1, 0.15) is 35.8 Å². The lowest BCUT2D eigenvalue weighted by Gasteiger charge is -2.63. The maximum Gasteiger partial charge on any atom is 0.229 e. The molecule has 13 atom stereocenters. The number of allylic oxidation sites excluding steroid dienone is 4. The number of Topliss-reactive ketones (excluding diaryl/α,β-unsaturated/α-hetero) is 2. The van der Waals surface area contributed by atoms with E-state index in [1.165, 1.54) is 26.8 Å². The maximum absolute atomic E-state index is 14.7. The monoisotopic (exact) mass is 676 g/mol. The van der Waals surface area contributed by atoms with E-state index in [2.05, 4.69) is 0 Å². The van der Waals surface area contributed by atoms with Crippen molar-refractivity contribution >= 4 is 17.3 Å². The zero-order valence-electron chi connectivity index (χ0n) is 29.0. The van der Waals surface area contributed by atoms with Crippen LogP contribution in [0.4, 0.5) is 0 Å². The summed E-state index contributed by atoms with van der Waals surface area (Å²) in [4.78, 5) is 41.9. The van der Waals surface area contributed by atoms with Crippen molar-refractivity contribution in [2.45, 2.75) is 123 Å². The van der Waals surface area contributed by atoms with Crippen molar-refractivity contribution in [1.29, 1.82) is 0 Å². The molecule has 5 rings (SSSR count). The minimum Gasteiger partial charge on any atom is -0.459 e. The van der Waals surface area contributed by atoms with Gasteiger partial charge in [0.25, 0.3) is 0 Å². The smallest absolute Gasteiger partial charge is 0.229 e. The highest BCUT2D eigenvalue weighted by atomic mass is 16.7. The number of hydrogen-bond donors (Lipinski definition) is 7. The Morgan fingerprint density at radius 2 is 1.62 bits per heavy atom. The van der Waals surface area contributed by atoms with Crippen molar-refractivity contribution in [3.63, 3.8) is 0 Å². The lowest BCUT2D eigenvalue weighted by Crippen LogP contribution is -2.64. The van der Waals surface area contributed by atoms with E-state index in [-0.39, 0.29) is 24.4 Å². The van der Waals surface area contributed by atoms with Crippen LogP contribution in [0.2, 0.25) is 0 Å². The quantitative estimate of drug-likeness (QED) is 0.148. The summed E-state index contributed by atoms with van der Waals surface area (Å²) in [5, 5.41) is 74.4. The summed E-state index contributed by atoms with van der Waals surface area (Å²) in [6.07, 6.45) is -2.56. The first kappa shape index (κ1) is 37.0. The molecule has 1 heterocycles. The molecular weight excluding hydrogens is 624 g/mol. The summed E-state index contributed by atoms with van der Waals surface area (Å²) in [6, 6.07) is 0. The number of carbonyl (C=O) groups excluding carboxylic acids is 3. The first-order valence-electron chi connectivity index (χ1n) is 16.7. The molecule has 48 heavy (non-hydrogen) atoms. The average molecular weight is 677 g/mol. The molecule has 0 amide bonds. The minimum absolute atomic E-state index is 0.0637. The largest absolute Gasteiger partial charge is 0.459 e. The Balaban J connectivity index is 1.55. The number of aliphatic hydroxyl groups is 7. The standard InChI is InChI=1S/C36H52O12/c1-31(2,45)12-11-23(39)36(8,46)28-19(38)14-33(5)22-10-9-17-18(35(22,7)24(40)15-34(28,33)6)13-20(29(44)32(17,3)4)47-30-27(43)26(42)25(41)21(16-37)48-30/h9,11-13,18-19,21-22,25-28,30,37-38,41-43,45-46H,10,14-16H2,1-8H3/b12-11+/t18-,19+,21+,22-,25+,26-,27+,28-,30+,33-,34+,35+,36?/m0/s1. The molecule has 1 saturated heterocycles. The van der Waals surface area contributed by atoms with Gasteiger partial charge in [-0.05, 0) is 76.4 Å². The molecule has 0 aromatic heterocycles. The van der Waals surface area contributed by atoms with Crippen LogP contribution in [0.3, 0.4) is 0 Å². The van der Waals surface area contributed by atoms with Crippen LogP contribution in [0, 0.1) is 39.4 Å². The number of rotatable bonds is 7. The zero-order valence-corrected chi connectivity index (χ0v) is 29.0. The van der Waals surface area contributed by atoms with Gasteiger partial charge in [-0.25, -0.2) is 0 Å². The van der Waals surface area contributed by atoms with Crippen LogP contribution in [0.25, 0.3) is 0 Å². The fourth-order valence-corrected chi connectivity index (χ4v) is 9.94. The van der Waals surface area contributed by atoms with E-state index in [1.807, 2.05) is 26.8 Å². The van der Waals surface area contributed by atoms with E-state index in [1.54, 1.807) is 19.9 Å². The van der Waals surface area contributed by atoms with Gasteiger partial charge in [-0.2, -0.15) is 0 Å². The van der Waals surface area contributed by atoms with Gasteiger partial charge < -0.3 is 45.2 Å². The van der Waals surface area contributed by atoms with Gasteiger partial charge in [-0.3, -0.25) is 14.4 Å². The van der Waals surface area contributed by atoms with Crippen LogP contribution in [0.5, 0.6) is 0 Å². The highest BCUT2D eigenvalue weighted by Gasteiger charge is 2.74. The third-order valence-electron chi connectivity index (χ3n) is 12.9. The number of ether oxygens (including phenoxy) is 2. The highest BCUT2D eigenvalue weighted by molar-refractivity contribution is 6.02. The highest BCUT2D eigenvalue weighted by Crippen LogP contribution is 2.73. The first-order chi connectivity index (χ1) is 21.9. The van der Waals surface area contributed by atoms with Crippen LogP contribution in [0.15, 0.2) is 35.6 Å². The maximum atomic E-state index is 14.7. The van der Waals surface area contributed by atoms with Crippen LogP contribution in [-0.4, -0.2) is 108 Å². The van der Waals surface area contributed by atoms with Crippen LogP contribution >= 0.6 is 0 Å². The average Bonchev–Trinajstić information content (AvgIpc) is 3.19. The van der Waals surface area contributed by atoms with Crippen molar-refractivity contribution < 1.29 is 59.6 Å². The van der Waals surface area contributed by atoms with E-state index >= 15 is 0 Å². The van der Waals surface area contributed by atoms with Crippen molar-refractivity contribution in [2.75, 3.05) is 6.61 Å². The molecule has 1 unspecified atom stereocenters. The molecule has 0 aromatic rings. The Bertz CT molecular complexity index is 1450. The summed E-state index contributed by atoms with van der Waals surface area (Å²) in [6.45, 7) is 12.8. The molecule has 1 aliphatic heterocycles. The van der Waals surface area contributed by atoms with Gasteiger partial charge in [-0.15, -0.1) is 0 Å². The number of aliphatic hydroxyl groups excluding tert-OH is 5. The topological polar surface area (TPSA) is 211 Å². The molecule has 7 N–H and O–H groups in total. The molecule has 5 aliphatic rings. The van der Waals surface area contributed by atoms with E-state index in [0.717, 1.165) is 11.6 Å². The molecule has 4 aliphatic carbocycles. The van der Waals surface area contributed by atoms with Gasteiger partial charge in [0, 0.05) is 23.7 Å². The predicted octanol–water partition coefficient (Wildman–Crippen LogP) is 0.878. The fourth-order valence-electron chi connectivity index (χ4n) is 9.94. The van der Waals surface area contributed by atoms with E-state index in [4.69, 9.17) is 9.47 Å². The molecule has 3 fully saturated rings. The third-order valence-corrected chi connectivity index (χ3v) is 12.9. The fraction of sp³-hybridized carbons (Fsp3) is 0.750. The normalized spacial score (nSPS) is 45.4. The number of carbonyl (C=O) groups is 3. The van der Waals surface area contributed by atoms with Gasteiger partial charge >= 0.3 is 0 Å². The van der Waals surface area contributed by atoms with Crippen molar-refractivity contribution in [2.24, 2.45) is 39.4 Å². The summed E-state index contributed by atoms with van der Waals surface area (Å²) < 4.78 is 11.5. The molecule has 0 bridgehead atoms. The molecule has 0 radical (unpaired) electrons. The lowest BCUT2D eigenvalue weighted by atomic mass is 9.39. The third kappa shape index (κ3) is 5.21. The molecule has 0 spiro atoms. The Kier molecular flexibility index (Phi) is 8.96. The second-order valence-corrected chi connectivity index (χ2v) is 16.7. The van der Waals surface area contributed by atoms with Gasteiger partial charge in [0.15, 0.2) is 11.5 Å². The number of fused-ring (bicyclic) bond motifs is 5. The Labute approximate surface area is 281 Å². The summed E-state index contributed by atoms with van der Waals surface area (Å²) in [5.41, 5.74) is -6.65. The number of hydrogen-bond acceptors (Lipinski definition) is 12. The van der Waals surface area contributed by atoms with Gasteiger partial charge in [0.2, 0.25) is 12.1 Å². The summed E-state index contributed by atoms with van der Waals surface area (Å²) in [7, 11) is 0. The Morgan fingerprint density at radius 1 is 1.00 bits per heavy atom. The molecule has 0 aromatic carbocycles. The molecule has 12 nitrogen and oxygen atoms in total. The number of ketones is 3. The summed E-state index contributed by atoms with van der Waals surface area (Å²) >= 11 is 0. The van der Waals surface area contributed by atoms with E-state index in [9.17, 15) is 50.1 Å². The molecular formula is C36H52O12. The van der Waals surface area contributed by atoms with Crippen LogP contribution < -0.4 is 0 Å². The molecule has 12 heteroatoms. The summed E-state index contributed by atoms with van der Waals surface area (Å²) in [5.74, 6) is -3.51. The van der Waals surface area contributed by atoms with Crippen molar-refractivity contribution in [3.05, 3.63) is 35.6 Å². The molecule has 2 saturated carbocycles. The predicted molar refractivity (Wildman–Crippen MR) is 171 cm³/mol.